The standard InChI is InChI=1S/C16H27NS/c1-12(2)14-4-6-15(7-5-14)16(17)8-3-13-9-10-18-11-13/h9-12,14-16H,3-8,17H2,1-2H3. The number of nitrogens with two attached hydrogens (primary N) is 1. The van der Waals surface area contributed by atoms with E-state index in [9.17, 15) is 0 Å². The van der Waals surface area contributed by atoms with Gasteiger partial charge in [-0.05, 0) is 78.7 Å². The lowest BCUT2D eigenvalue weighted by atomic mass is 9.74. The first-order valence-corrected chi connectivity index (χ1v) is 8.37. The molecule has 18 heavy (non-hydrogen) atoms. The minimum Gasteiger partial charge on any atom is -0.327 e. The molecule has 1 unspecified atom stereocenters. The zero-order valence-electron chi connectivity index (χ0n) is 11.8. The molecule has 102 valence electrons. The van der Waals surface area contributed by atoms with Crippen LogP contribution in [0.4, 0.5) is 0 Å². The minimum absolute atomic E-state index is 0.415. The lowest BCUT2D eigenvalue weighted by molar-refractivity contribution is 0.199. The first kappa shape index (κ1) is 14.1. The van der Waals surface area contributed by atoms with Gasteiger partial charge in [0.2, 0.25) is 0 Å². The van der Waals surface area contributed by atoms with Crippen LogP contribution in [-0.2, 0) is 6.42 Å². The van der Waals surface area contributed by atoms with Crippen LogP contribution in [0.3, 0.4) is 0 Å². The van der Waals surface area contributed by atoms with Gasteiger partial charge in [-0.25, -0.2) is 0 Å². The molecule has 1 atom stereocenters. The molecule has 1 nitrogen and oxygen atoms in total. The Hall–Kier alpha value is -0.340. The molecule has 1 fully saturated rings. The first-order valence-electron chi connectivity index (χ1n) is 7.43. The monoisotopic (exact) mass is 265 g/mol. The van der Waals surface area contributed by atoms with E-state index in [0.29, 0.717) is 6.04 Å². The minimum atomic E-state index is 0.415. The van der Waals surface area contributed by atoms with Crippen LogP contribution in [0.15, 0.2) is 16.8 Å². The molecule has 0 radical (unpaired) electrons. The average molecular weight is 265 g/mol. The van der Waals surface area contributed by atoms with E-state index in [1.54, 1.807) is 11.3 Å². The van der Waals surface area contributed by atoms with Crippen molar-refractivity contribution < 1.29 is 0 Å². The van der Waals surface area contributed by atoms with Gasteiger partial charge in [-0.3, -0.25) is 0 Å². The van der Waals surface area contributed by atoms with Crippen LogP contribution < -0.4 is 5.73 Å². The normalized spacial score (nSPS) is 26.4. The third-order valence-corrected chi connectivity index (χ3v) is 5.44. The van der Waals surface area contributed by atoms with Gasteiger partial charge in [0.05, 0.1) is 0 Å². The third-order valence-electron chi connectivity index (χ3n) is 4.71. The summed E-state index contributed by atoms with van der Waals surface area (Å²) >= 11 is 1.79. The smallest absolute Gasteiger partial charge is 0.00703 e. The summed E-state index contributed by atoms with van der Waals surface area (Å²) in [4.78, 5) is 0. The highest BCUT2D eigenvalue weighted by Gasteiger charge is 2.26. The maximum absolute atomic E-state index is 6.39. The molecule has 2 heteroatoms. The fraction of sp³-hybridized carbons (Fsp3) is 0.750. The summed E-state index contributed by atoms with van der Waals surface area (Å²) in [6, 6.07) is 2.64. The summed E-state index contributed by atoms with van der Waals surface area (Å²) in [5, 5.41) is 4.41. The molecule has 0 amide bonds. The van der Waals surface area contributed by atoms with E-state index in [2.05, 4.69) is 30.7 Å². The van der Waals surface area contributed by atoms with Crippen molar-refractivity contribution in [3.05, 3.63) is 22.4 Å². The second kappa shape index (κ2) is 6.72. The zero-order chi connectivity index (χ0) is 13.0. The molecular weight excluding hydrogens is 238 g/mol. The predicted molar refractivity (Wildman–Crippen MR) is 80.9 cm³/mol. The molecule has 1 saturated carbocycles. The van der Waals surface area contributed by atoms with E-state index >= 15 is 0 Å². The van der Waals surface area contributed by atoms with E-state index in [1.807, 2.05) is 0 Å². The van der Waals surface area contributed by atoms with Crippen LogP contribution in [0.25, 0.3) is 0 Å². The van der Waals surface area contributed by atoms with Crippen LogP contribution in [0.1, 0.15) is 51.5 Å². The highest BCUT2D eigenvalue weighted by atomic mass is 32.1. The molecule has 1 aromatic heterocycles. The predicted octanol–water partition coefficient (Wildman–Crippen LogP) is 4.47. The summed E-state index contributed by atoms with van der Waals surface area (Å²) in [7, 11) is 0. The molecule has 0 spiro atoms. The number of rotatable bonds is 5. The van der Waals surface area contributed by atoms with E-state index < -0.39 is 0 Å². The Kier molecular flexibility index (Phi) is 5.25. The van der Waals surface area contributed by atoms with Gasteiger partial charge in [-0.2, -0.15) is 11.3 Å². The Morgan fingerprint density at radius 2 is 1.89 bits per heavy atom. The molecule has 0 aromatic carbocycles. The van der Waals surface area contributed by atoms with Gasteiger partial charge >= 0.3 is 0 Å². The van der Waals surface area contributed by atoms with Crippen molar-refractivity contribution in [1.82, 2.24) is 0 Å². The van der Waals surface area contributed by atoms with Crippen LogP contribution in [0.5, 0.6) is 0 Å². The van der Waals surface area contributed by atoms with Gasteiger partial charge in [0.15, 0.2) is 0 Å². The molecular formula is C16H27NS. The van der Waals surface area contributed by atoms with E-state index in [1.165, 1.54) is 31.2 Å². The molecule has 0 saturated heterocycles. The highest BCUT2D eigenvalue weighted by Crippen LogP contribution is 2.35. The molecule has 1 aliphatic carbocycles. The van der Waals surface area contributed by atoms with Crippen molar-refractivity contribution in [3.8, 4) is 0 Å². The number of thiophene rings is 1. The van der Waals surface area contributed by atoms with Crippen LogP contribution in [-0.4, -0.2) is 6.04 Å². The van der Waals surface area contributed by atoms with Gasteiger partial charge in [0.1, 0.15) is 0 Å². The van der Waals surface area contributed by atoms with Crippen molar-refractivity contribution in [1.29, 1.82) is 0 Å². The van der Waals surface area contributed by atoms with Crippen LogP contribution in [0, 0.1) is 17.8 Å². The molecule has 1 aromatic rings. The van der Waals surface area contributed by atoms with Gasteiger partial charge < -0.3 is 5.73 Å². The lowest BCUT2D eigenvalue weighted by Gasteiger charge is -2.34. The molecule has 1 heterocycles. The summed E-state index contributed by atoms with van der Waals surface area (Å²) in [5.74, 6) is 2.58. The third kappa shape index (κ3) is 3.83. The second-order valence-corrected chi connectivity index (χ2v) is 7.03. The van der Waals surface area contributed by atoms with E-state index in [0.717, 1.165) is 30.6 Å². The van der Waals surface area contributed by atoms with Gasteiger partial charge in [-0.15, -0.1) is 0 Å². The summed E-state index contributed by atoms with van der Waals surface area (Å²) < 4.78 is 0. The van der Waals surface area contributed by atoms with Gasteiger partial charge in [0.25, 0.3) is 0 Å². The van der Waals surface area contributed by atoms with E-state index in [-0.39, 0.29) is 0 Å². The molecule has 2 N–H and O–H groups in total. The number of aryl methyl sites for hydroxylation is 1. The maximum Gasteiger partial charge on any atom is 0.00703 e. The van der Waals surface area contributed by atoms with Crippen LogP contribution >= 0.6 is 11.3 Å². The molecule has 0 bridgehead atoms. The molecule has 1 aliphatic rings. The van der Waals surface area contributed by atoms with Gasteiger partial charge in [-0.1, -0.05) is 13.8 Å². The number of hydrogen-bond acceptors (Lipinski definition) is 2. The van der Waals surface area contributed by atoms with Crippen molar-refractivity contribution in [3.63, 3.8) is 0 Å². The largest absolute Gasteiger partial charge is 0.327 e. The van der Waals surface area contributed by atoms with Gasteiger partial charge in [0, 0.05) is 6.04 Å². The first-order chi connectivity index (χ1) is 8.66. The topological polar surface area (TPSA) is 26.0 Å². The van der Waals surface area contributed by atoms with E-state index in [4.69, 9.17) is 5.73 Å². The van der Waals surface area contributed by atoms with Crippen molar-refractivity contribution in [2.75, 3.05) is 0 Å². The fourth-order valence-corrected chi connectivity index (χ4v) is 3.95. The van der Waals surface area contributed by atoms with Crippen LogP contribution in [0.2, 0.25) is 0 Å². The Bertz CT molecular complexity index is 323. The Balaban J connectivity index is 1.72. The summed E-state index contributed by atoms with van der Waals surface area (Å²) in [6.07, 6.45) is 7.83. The average Bonchev–Trinajstić information content (AvgIpc) is 2.89. The lowest BCUT2D eigenvalue weighted by Crippen LogP contribution is -2.34. The Morgan fingerprint density at radius 3 is 2.44 bits per heavy atom. The zero-order valence-corrected chi connectivity index (χ0v) is 12.6. The quantitative estimate of drug-likeness (QED) is 0.835. The Morgan fingerprint density at radius 1 is 1.22 bits per heavy atom. The second-order valence-electron chi connectivity index (χ2n) is 6.25. The van der Waals surface area contributed by atoms with Crippen molar-refractivity contribution in [2.24, 2.45) is 23.5 Å². The maximum atomic E-state index is 6.39. The number of hydrogen-bond donors (Lipinski definition) is 1. The van der Waals surface area contributed by atoms with Crippen molar-refractivity contribution in [2.45, 2.75) is 58.4 Å². The summed E-state index contributed by atoms with van der Waals surface area (Å²) in [6.45, 7) is 4.73. The molecule has 0 aliphatic heterocycles. The van der Waals surface area contributed by atoms with Crippen molar-refractivity contribution >= 4 is 11.3 Å². The Labute approximate surface area is 116 Å². The SMILES string of the molecule is CC(C)C1CCC(C(N)CCc2ccsc2)CC1. The highest BCUT2D eigenvalue weighted by molar-refractivity contribution is 7.07. The molecule has 2 rings (SSSR count). The summed E-state index contributed by atoms with van der Waals surface area (Å²) in [5.41, 5.74) is 7.85. The fourth-order valence-electron chi connectivity index (χ4n) is 3.24.